The number of hydrogen-bond acceptors (Lipinski definition) is 7. The molecule has 0 rings (SSSR count). The average Bonchev–Trinajstić information content (AvgIpc) is 2.84. The van der Waals surface area contributed by atoms with Crippen molar-refractivity contribution in [3.8, 4) is 0 Å². The van der Waals surface area contributed by atoms with Gasteiger partial charge >= 0.3 is 7.82 Å². The zero-order valence-corrected chi connectivity index (χ0v) is 29.0. The molecular weight excluding hydrogens is 569 g/mol. The number of ether oxygens (including phenoxy) is 1. The Morgan fingerprint density at radius 2 is 1.25 bits per heavy atom. The van der Waals surface area contributed by atoms with Crippen LogP contribution in [0.2, 0.25) is 0 Å². The first-order valence-corrected chi connectivity index (χ1v) is 20.3. The molecule has 0 heterocycles. The fourth-order valence-corrected chi connectivity index (χ4v) is 6.29. The number of thioether (sulfide) groups is 1. The lowest BCUT2D eigenvalue weighted by Crippen LogP contribution is -2.37. The average molecular weight is 633 g/mol. The summed E-state index contributed by atoms with van der Waals surface area (Å²) in [6.07, 6.45) is 22.2. The Morgan fingerprint density at radius 1 is 0.775 bits per heavy atom. The summed E-state index contributed by atoms with van der Waals surface area (Å²) in [6, 6.07) is 0. The molecule has 8 nitrogen and oxygen atoms in total. The third-order valence-corrected chi connectivity index (χ3v) is 9.77. The molecule has 0 aromatic carbocycles. The second-order valence-corrected chi connectivity index (χ2v) is 17.0. The minimum atomic E-state index is -4.19. The number of quaternary nitrogens is 1. The summed E-state index contributed by atoms with van der Waals surface area (Å²) in [6.45, 7) is 2.85. The Morgan fingerprint density at radius 3 is 1.70 bits per heavy atom. The van der Waals surface area contributed by atoms with E-state index in [1.54, 1.807) is 11.8 Å². The molecule has 0 aliphatic carbocycles. The maximum Gasteiger partial charge on any atom is 0.472 e. The first-order chi connectivity index (χ1) is 18.8. The van der Waals surface area contributed by atoms with Gasteiger partial charge in [-0.25, -0.2) is 13.0 Å². The van der Waals surface area contributed by atoms with Crippen molar-refractivity contribution in [2.45, 2.75) is 116 Å². The molecule has 2 atom stereocenters. The highest BCUT2D eigenvalue weighted by Gasteiger charge is 2.25. The van der Waals surface area contributed by atoms with Gasteiger partial charge < -0.3 is 14.1 Å². The number of nitrogens with zero attached hydrogens (tertiary/aromatic N) is 1. The highest BCUT2D eigenvalue weighted by molar-refractivity contribution is 7.99. The van der Waals surface area contributed by atoms with Crippen LogP contribution in [0.4, 0.5) is 0 Å². The summed E-state index contributed by atoms with van der Waals surface area (Å²) in [5.41, 5.74) is 0. The molecule has 2 unspecified atom stereocenters. The maximum absolute atomic E-state index is 12.2. The zero-order chi connectivity index (χ0) is 30.2. The number of rotatable bonds is 30. The van der Waals surface area contributed by atoms with E-state index < -0.39 is 23.8 Å². The van der Waals surface area contributed by atoms with E-state index in [-0.39, 0.29) is 25.6 Å². The summed E-state index contributed by atoms with van der Waals surface area (Å²) < 4.78 is 51.6. The number of sulfone groups is 1. The Bertz CT molecular complexity index is 732. The molecule has 11 heteroatoms. The van der Waals surface area contributed by atoms with Crippen LogP contribution in [0, 0.1) is 0 Å². The van der Waals surface area contributed by atoms with Crippen LogP contribution in [-0.4, -0.2) is 94.9 Å². The van der Waals surface area contributed by atoms with Crippen LogP contribution in [0.3, 0.4) is 0 Å². The largest absolute Gasteiger partial charge is 0.472 e. The summed E-state index contributed by atoms with van der Waals surface area (Å²) >= 11 is 1.71. The Balaban J connectivity index is 3.95. The Hall–Kier alpha value is 0.330. The van der Waals surface area contributed by atoms with Gasteiger partial charge in [-0.2, -0.15) is 11.8 Å². The predicted molar refractivity (Wildman–Crippen MR) is 171 cm³/mol. The van der Waals surface area contributed by atoms with Gasteiger partial charge in [-0.1, -0.05) is 103 Å². The number of hydrogen-bond donors (Lipinski definition) is 1. The van der Waals surface area contributed by atoms with Crippen LogP contribution in [0.15, 0.2) is 0 Å². The molecule has 0 bridgehead atoms. The van der Waals surface area contributed by atoms with Crippen molar-refractivity contribution >= 4 is 29.4 Å². The van der Waals surface area contributed by atoms with Crippen molar-refractivity contribution < 1.29 is 36.1 Å². The summed E-state index contributed by atoms with van der Waals surface area (Å²) in [5, 5.41) is 0. The molecule has 0 saturated heterocycles. The molecule has 0 aromatic rings. The van der Waals surface area contributed by atoms with Crippen LogP contribution < -0.4 is 0 Å². The van der Waals surface area contributed by atoms with Gasteiger partial charge in [-0.15, -0.1) is 0 Å². The van der Waals surface area contributed by atoms with Gasteiger partial charge in [-0.3, -0.25) is 9.05 Å². The van der Waals surface area contributed by atoms with E-state index in [4.69, 9.17) is 13.8 Å². The summed E-state index contributed by atoms with van der Waals surface area (Å²) in [4.78, 5) is 9.99. The molecule has 0 radical (unpaired) electrons. The smallest absolute Gasteiger partial charge is 0.374 e. The van der Waals surface area contributed by atoms with Gasteiger partial charge in [0.2, 0.25) is 0 Å². The molecule has 40 heavy (non-hydrogen) atoms. The third-order valence-electron chi connectivity index (χ3n) is 6.69. The van der Waals surface area contributed by atoms with Crippen molar-refractivity contribution in [2.75, 3.05) is 71.0 Å². The van der Waals surface area contributed by atoms with Crippen molar-refractivity contribution in [3.05, 3.63) is 0 Å². The van der Waals surface area contributed by atoms with Gasteiger partial charge in [-0.05, 0) is 12.2 Å². The molecule has 0 aliphatic rings. The lowest BCUT2D eigenvalue weighted by molar-refractivity contribution is -0.870. The van der Waals surface area contributed by atoms with Crippen molar-refractivity contribution in [1.29, 1.82) is 0 Å². The maximum atomic E-state index is 12.2. The van der Waals surface area contributed by atoms with Gasteiger partial charge in [0, 0.05) is 12.0 Å². The normalized spacial score (nSPS) is 14.8. The van der Waals surface area contributed by atoms with Crippen molar-refractivity contribution in [1.82, 2.24) is 0 Å². The minimum Gasteiger partial charge on any atom is -0.374 e. The van der Waals surface area contributed by atoms with E-state index in [9.17, 15) is 17.9 Å². The highest BCUT2D eigenvalue weighted by Crippen LogP contribution is 2.43. The fraction of sp³-hybridized carbons (Fsp3) is 1.00. The van der Waals surface area contributed by atoms with E-state index in [1.165, 1.54) is 96.3 Å². The van der Waals surface area contributed by atoms with Crippen molar-refractivity contribution in [2.24, 2.45) is 0 Å². The molecule has 0 saturated carbocycles. The third kappa shape index (κ3) is 31.3. The summed E-state index contributed by atoms with van der Waals surface area (Å²) in [7, 11) is -1.44. The molecule has 242 valence electrons. The van der Waals surface area contributed by atoms with Crippen molar-refractivity contribution in [3.63, 3.8) is 0 Å². The van der Waals surface area contributed by atoms with E-state index >= 15 is 0 Å². The SMILES string of the molecule is CCCCCCCCCCCCCCCCCCSCC(COP(=O)(O)OCC[N+](C)(C)C)OCCS(C)(=O)=O. The lowest BCUT2D eigenvalue weighted by Gasteiger charge is -2.24. The predicted octanol–water partition coefficient (Wildman–Crippen LogP) is 7.25. The first-order valence-electron chi connectivity index (χ1n) is 15.6. The molecule has 0 aliphatic heterocycles. The molecule has 0 aromatic heterocycles. The lowest BCUT2D eigenvalue weighted by atomic mass is 10.0. The number of phosphoric acid groups is 1. The topological polar surface area (TPSA) is 99.1 Å². The minimum absolute atomic E-state index is 0.0323. The quantitative estimate of drug-likeness (QED) is 0.0502. The standard InChI is InChI=1S/C29H62NO7PS2/c1-6-7-8-9-10-11-12-13-14-15-16-17-18-19-20-21-25-39-28-29(35-24-26-40(5,33)34)27-37-38(31,32)36-23-22-30(2,3)4/h29H,6-28H2,1-5H3/p+1. The van der Waals surface area contributed by atoms with Crippen LogP contribution in [0.25, 0.3) is 0 Å². The highest BCUT2D eigenvalue weighted by atomic mass is 32.2. The van der Waals surface area contributed by atoms with Gasteiger partial charge in [0.1, 0.15) is 23.0 Å². The van der Waals surface area contributed by atoms with Gasteiger partial charge in [0.05, 0.1) is 46.2 Å². The van der Waals surface area contributed by atoms with Crippen LogP contribution >= 0.6 is 19.6 Å². The fourth-order valence-electron chi connectivity index (χ4n) is 4.12. The first kappa shape index (κ1) is 40.3. The Kier molecular flexibility index (Phi) is 24.9. The van der Waals surface area contributed by atoms with E-state index in [1.807, 2.05) is 21.1 Å². The van der Waals surface area contributed by atoms with Gasteiger partial charge in [0.25, 0.3) is 0 Å². The van der Waals surface area contributed by atoms with Crippen LogP contribution in [-0.2, 0) is 28.2 Å². The van der Waals surface area contributed by atoms with Gasteiger partial charge in [0.15, 0.2) is 0 Å². The number of likely N-dealkylation sites (N-methyl/N-ethyl adjacent to an activating group) is 1. The molecule has 1 N–H and O–H groups in total. The molecule has 0 amide bonds. The van der Waals surface area contributed by atoms with E-state index in [0.717, 1.165) is 18.4 Å². The molecule has 0 spiro atoms. The Labute approximate surface area is 251 Å². The second-order valence-electron chi connectivity index (χ2n) is 12.1. The monoisotopic (exact) mass is 632 g/mol. The number of phosphoric ester groups is 1. The second kappa shape index (κ2) is 24.7. The van der Waals surface area contributed by atoms with Crippen LogP contribution in [0.5, 0.6) is 0 Å². The summed E-state index contributed by atoms with van der Waals surface area (Å²) in [5.74, 6) is 1.45. The molecule has 0 fully saturated rings. The molecular formula is C29H63NO7PS2+. The van der Waals surface area contributed by atoms with E-state index in [2.05, 4.69) is 6.92 Å². The van der Waals surface area contributed by atoms with Crippen LogP contribution in [0.1, 0.15) is 110 Å². The van der Waals surface area contributed by atoms with E-state index in [0.29, 0.717) is 16.8 Å². The number of unbranched alkanes of at least 4 members (excludes halogenated alkanes) is 15. The zero-order valence-electron chi connectivity index (χ0n) is 26.4.